The molecule has 1 heterocycles. The summed E-state index contributed by atoms with van der Waals surface area (Å²) < 4.78 is 6.22. The van der Waals surface area contributed by atoms with E-state index in [9.17, 15) is 14.7 Å². The standard InChI is InChI=1S/C36H51NO4/c1-31(2)16-18-36(30(39)40)19-17-34(6)24(25(36)21-31)10-11-27-33(5)14-13-28(41-29(38)23-9-8-20-37-22-23)32(3,4)26(33)12-15-35(27,34)7/h8-10,20,22,25-28H,11-19,21H2,1-7H3,(H,39,40)/t25-,26-,27+,28-,33-,34+,35+,36-/m0/s1. The molecule has 0 radical (unpaired) electrons. The largest absolute Gasteiger partial charge is 0.481 e. The molecule has 0 amide bonds. The van der Waals surface area contributed by atoms with E-state index >= 15 is 0 Å². The summed E-state index contributed by atoms with van der Waals surface area (Å²) in [4.78, 5) is 30.1. The number of esters is 1. The normalized spacial score (nSPS) is 44.2. The zero-order chi connectivity index (χ0) is 29.6. The Morgan fingerprint density at radius 2 is 1.66 bits per heavy atom. The van der Waals surface area contributed by atoms with E-state index in [1.807, 2.05) is 0 Å². The maximum atomic E-state index is 13.0. The number of hydrogen-bond donors (Lipinski definition) is 1. The van der Waals surface area contributed by atoms with Crippen molar-refractivity contribution in [3.8, 4) is 0 Å². The van der Waals surface area contributed by atoms with Crippen molar-refractivity contribution in [3.63, 3.8) is 0 Å². The topological polar surface area (TPSA) is 76.5 Å². The molecule has 0 aliphatic heterocycles. The van der Waals surface area contributed by atoms with E-state index in [-0.39, 0.29) is 45.1 Å². The summed E-state index contributed by atoms with van der Waals surface area (Å²) >= 11 is 0. The van der Waals surface area contributed by atoms with Crippen molar-refractivity contribution in [3.05, 3.63) is 41.7 Å². The number of nitrogens with zero attached hydrogens (tertiary/aromatic N) is 1. The fourth-order valence-corrected chi connectivity index (χ4v) is 11.5. The van der Waals surface area contributed by atoms with Crippen molar-refractivity contribution in [2.24, 2.45) is 50.2 Å². The van der Waals surface area contributed by atoms with Crippen LogP contribution < -0.4 is 0 Å². The first-order chi connectivity index (χ1) is 19.1. The molecular formula is C36H51NO4. The molecule has 1 aromatic rings. The molecule has 224 valence electrons. The Morgan fingerprint density at radius 1 is 0.927 bits per heavy atom. The number of aromatic nitrogens is 1. The number of hydrogen-bond acceptors (Lipinski definition) is 4. The van der Waals surface area contributed by atoms with Crippen molar-refractivity contribution in [1.29, 1.82) is 0 Å². The summed E-state index contributed by atoms with van der Waals surface area (Å²) in [6.07, 6.45) is 15.5. The molecule has 5 aliphatic carbocycles. The van der Waals surface area contributed by atoms with Gasteiger partial charge in [0, 0.05) is 17.8 Å². The fourth-order valence-electron chi connectivity index (χ4n) is 11.5. The summed E-state index contributed by atoms with van der Waals surface area (Å²) in [7, 11) is 0. The second-order valence-electron chi connectivity index (χ2n) is 16.7. The molecule has 1 N–H and O–H groups in total. The minimum absolute atomic E-state index is 0.0225. The van der Waals surface area contributed by atoms with Gasteiger partial charge in [0.05, 0.1) is 11.0 Å². The van der Waals surface area contributed by atoms with Crippen LogP contribution in [-0.4, -0.2) is 28.1 Å². The average molecular weight is 562 g/mol. The third kappa shape index (κ3) is 3.95. The molecule has 0 unspecified atom stereocenters. The number of aliphatic carboxylic acids is 1. The maximum absolute atomic E-state index is 13.0. The first-order valence-electron chi connectivity index (χ1n) is 16.2. The smallest absolute Gasteiger partial charge is 0.339 e. The minimum atomic E-state index is -0.594. The van der Waals surface area contributed by atoms with Crippen LogP contribution in [-0.2, 0) is 9.53 Å². The summed E-state index contributed by atoms with van der Waals surface area (Å²) in [5.74, 6) is 0.306. The van der Waals surface area contributed by atoms with Crippen LogP contribution in [0.4, 0.5) is 0 Å². The van der Waals surface area contributed by atoms with Gasteiger partial charge in [-0.1, -0.05) is 60.1 Å². The average Bonchev–Trinajstić information content (AvgIpc) is 2.90. The van der Waals surface area contributed by atoms with E-state index in [1.165, 1.54) is 5.57 Å². The van der Waals surface area contributed by atoms with Crippen LogP contribution in [0.15, 0.2) is 36.2 Å². The minimum Gasteiger partial charge on any atom is -0.481 e. The van der Waals surface area contributed by atoms with Gasteiger partial charge in [0.2, 0.25) is 0 Å². The lowest BCUT2D eigenvalue weighted by molar-refractivity contribution is -0.205. The molecule has 4 saturated carbocycles. The molecule has 1 aromatic heterocycles. The molecule has 5 heteroatoms. The third-order valence-electron chi connectivity index (χ3n) is 14.1. The molecule has 0 aromatic carbocycles. The molecule has 8 atom stereocenters. The highest BCUT2D eigenvalue weighted by molar-refractivity contribution is 5.89. The Bertz CT molecular complexity index is 1270. The highest BCUT2D eigenvalue weighted by Crippen LogP contribution is 2.75. The monoisotopic (exact) mass is 561 g/mol. The van der Waals surface area contributed by atoms with Gasteiger partial charge < -0.3 is 9.84 Å². The van der Waals surface area contributed by atoms with Crippen LogP contribution in [0.2, 0.25) is 0 Å². The van der Waals surface area contributed by atoms with Gasteiger partial charge in [-0.25, -0.2) is 4.79 Å². The number of carboxylic acid groups (broad SMARTS) is 1. The highest BCUT2D eigenvalue weighted by atomic mass is 16.5. The Morgan fingerprint density at radius 3 is 2.34 bits per heavy atom. The lowest BCUT2D eigenvalue weighted by Gasteiger charge is -2.71. The molecule has 0 spiro atoms. The Kier molecular flexibility index (Phi) is 6.47. The lowest BCUT2D eigenvalue weighted by atomic mass is 9.33. The van der Waals surface area contributed by atoms with E-state index in [0.717, 1.165) is 64.2 Å². The van der Waals surface area contributed by atoms with Crippen molar-refractivity contribution >= 4 is 11.9 Å². The van der Waals surface area contributed by atoms with Gasteiger partial charge in [0.1, 0.15) is 6.10 Å². The van der Waals surface area contributed by atoms with Crippen molar-refractivity contribution in [2.75, 3.05) is 0 Å². The van der Waals surface area contributed by atoms with Gasteiger partial charge in [0.15, 0.2) is 0 Å². The van der Waals surface area contributed by atoms with Crippen LogP contribution in [0.3, 0.4) is 0 Å². The molecule has 4 fully saturated rings. The number of pyridine rings is 1. The predicted molar refractivity (Wildman–Crippen MR) is 160 cm³/mol. The van der Waals surface area contributed by atoms with Gasteiger partial charge in [0.25, 0.3) is 0 Å². The first kappa shape index (κ1) is 28.9. The van der Waals surface area contributed by atoms with Crippen molar-refractivity contribution < 1.29 is 19.4 Å². The van der Waals surface area contributed by atoms with Gasteiger partial charge in [-0.3, -0.25) is 9.78 Å². The summed E-state index contributed by atoms with van der Waals surface area (Å²) in [5.41, 5.74) is 1.76. The van der Waals surface area contributed by atoms with Crippen molar-refractivity contribution in [2.45, 2.75) is 119 Å². The van der Waals surface area contributed by atoms with E-state index in [4.69, 9.17) is 4.74 Å². The molecule has 0 bridgehead atoms. The van der Waals surface area contributed by atoms with Crippen LogP contribution in [0, 0.1) is 50.2 Å². The quantitative estimate of drug-likeness (QED) is 0.296. The van der Waals surface area contributed by atoms with Gasteiger partial charge in [-0.15, -0.1) is 0 Å². The Labute approximate surface area is 246 Å². The number of ether oxygens (including phenoxy) is 1. The van der Waals surface area contributed by atoms with Crippen LogP contribution >= 0.6 is 0 Å². The number of carbonyl (C=O) groups is 2. The van der Waals surface area contributed by atoms with Crippen molar-refractivity contribution in [1.82, 2.24) is 4.98 Å². The highest BCUT2D eigenvalue weighted by Gasteiger charge is 2.69. The number of fused-ring (bicyclic) bond motifs is 7. The molecule has 41 heavy (non-hydrogen) atoms. The maximum Gasteiger partial charge on any atom is 0.339 e. The molecule has 0 saturated heterocycles. The van der Waals surface area contributed by atoms with E-state index in [0.29, 0.717) is 17.4 Å². The number of carboxylic acids is 1. The van der Waals surface area contributed by atoms with E-state index < -0.39 is 11.4 Å². The van der Waals surface area contributed by atoms with Gasteiger partial charge in [-0.05, 0) is 116 Å². The zero-order valence-corrected chi connectivity index (χ0v) is 26.4. The Balaban J connectivity index is 1.32. The molecule has 6 rings (SSSR count). The summed E-state index contributed by atoms with van der Waals surface area (Å²) in [5, 5.41) is 10.6. The Hall–Kier alpha value is -2.17. The van der Waals surface area contributed by atoms with Crippen LogP contribution in [0.5, 0.6) is 0 Å². The van der Waals surface area contributed by atoms with Gasteiger partial charge in [-0.2, -0.15) is 0 Å². The fraction of sp³-hybridized carbons (Fsp3) is 0.750. The predicted octanol–water partition coefficient (Wildman–Crippen LogP) is 8.49. The number of rotatable bonds is 3. The van der Waals surface area contributed by atoms with Crippen LogP contribution in [0.1, 0.15) is 123 Å². The molecule has 5 aliphatic rings. The van der Waals surface area contributed by atoms with E-state index in [2.05, 4.69) is 59.5 Å². The molecular weight excluding hydrogens is 510 g/mol. The number of allylic oxidation sites excluding steroid dienone is 2. The molecule has 5 nitrogen and oxygen atoms in total. The third-order valence-corrected chi connectivity index (χ3v) is 14.1. The summed E-state index contributed by atoms with van der Waals surface area (Å²) in [6, 6.07) is 3.57. The zero-order valence-electron chi connectivity index (χ0n) is 26.4. The van der Waals surface area contributed by atoms with E-state index in [1.54, 1.807) is 24.5 Å². The number of carbonyl (C=O) groups excluding carboxylic acids is 1. The SMILES string of the molecule is CC1(C)CC[C@]2(C(=O)O)CC[C@]3(C)C(=CC[C@@H]4[C@@]5(C)CC[C@H](OC(=O)c6cccnc6)C(C)(C)[C@@H]5CC[C@]43C)[C@@H]2C1. The lowest BCUT2D eigenvalue weighted by Crippen LogP contribution is -2.65. The van der Waals surface area contributed by atoms with Gasteiger partial charge >= 0.3 is 11.9 Å². The van der Waals surface area contributed by atoms with Crippen LogP contribution in [0.25, 0.3) is 0 Å². The first-order valence-corrected chi connectivity index (χ1v) is 16.2. The second kappa shape index (κ2) is 9.16. The summed E-state index contributed by atoms with van der Waals surface area (Å²) in [6.45, 7) is 17.0. The second-order valence-corrected chi connectivity index (χ2v) is 16.7.